The summed E-state index contributed by atoms with van der Waals surface area (Å²) in [6.45, 7) is 5.91. The topological polar surface area (TPSA) is 60.2 Å². The molecule has 0 unspecified atom stereocenters. The molecule has 2 N–H and O–H groups in total. The summed E-state index contributed by atoms with van der Waals surface area (Å²) >= 11 is 0. The molecule has 16 heavy (non-hydrogen) atoms. The van der Waals surface area contributed by atoms with Crippen LogP contribution in [0.15, 0.2) is 0 Å². The summed E-state index contributed by atoms with van der Waals surface area (Å²) in [5.74, 6) is 0.936. The van der Waals surface area contributed by atoms with Crippen molar-refractivity contribution >= 4 is 33.3 Å². The Kier molecular flexibility index (Phi) is 7.93. The number of carbonyl (C=O) groups excluding carboxylic acids is 2. The average molecular weight is 263 g/mol. The molecule has 0 aliphatic carbocycles. The van der Waals surface area contributed by atoms with Gasteiger partial charge in [0.1, 0.15) is 5.78 Å². The lowest BCUT2D eigenvalue weighted by molar-refractivity contribution is -0.118. The van der Waals surface area contributed by atoms with Crippen LogP contribution in [0.4, 0.5) is 0 Å². The van der Waals surface area contributed by atoms with Gasteiger partial charge in [-0.2, -0.15) is 0 Å². The zero-order valence-corrected chi connectivity index (χ0v) is 11.9. The van der Waals surface area contributed by atoms with Gasteiger partial charge in [-0.25, -0.2) is 0 Å². The van der Waals surface area contributed by atoms with Gasteiger partial charge in [0.25, 0.3) is 0 Å². The van der Waals surface area contributed by atoms with Crippen LogP contribution in [0.1, 0.15) is 46.5 Å². The smallest absolute Gasteiger partial charge is 0.217 e. The summed E-state index contributed by atoms with van der Waals surface area (Å²) < 4.78 is 0.114. The molecule has 0 aromatic carbocycles. The highest BCUT2D eigenvalue weighted by Gasteiger charge is 2.19. The Morgan fingerprint density at radius 1 is 1.25 bits per heavy atom. The van der Waals surface area contributed by atoms with Crippen molar-refractivity contribution in [3.05, 3.63) is 0 Å². The number of hydrogen-bond donors (Lipinski definition) is 1. The Morgan fingerprint density at radius 3 is 2.38 bits per heavy atom. The van der Waals surface area contributed by atoms with Gasteiger partial charge in [-0.15, -0.1) is 0 Å². The molecule has 0 saturated carbocycles. The van der Waals surface area contributed by atoms with E-state index in [9.17, 15) is 9.59 Å². The molecule has 1 amide bonds. The van der Waals surface area contributed by atoms with Gasteiger partial charge >= 0.3 is 0 Å². The van der Waals surface area contributed by atoms with Crippen LogP contribution >= 0.6 is 21.6 Å². The van der Waals surface area contributed by atoms with Crippen LogP contribution < -0.4 is 5.73 Å². The quantitative estimate of drug-likeness (QED) is 0.513. The van der Waals surface area contributed by atoms with Crippen molar-refractivity contribution < 1.29 is 9.59 Å². The number of nitrogens with two attached hydrogens (primary N) is 1. The minimum Gasteiger partial charge on any atom is -0.370 e. The number of carbonyl (C=O) groups is 2. The zero-order valence-electron chi connectivity index (χ0n) is 10.2. The number of hydrogen-bond acceptors (Lipinski definition) is 4. The third-order valence-corrected chi connectivity index (χ3v) is 5.45. The number of Topliss-reactive ketones (excluding diaryl/α,β-unsaturated/α-hetero) is 1. The number of amides is 1. The fourth-order valence-electron chi connectivity index (χ4n) is 1.03. The summed E-state index contributed by atoms with van der Waals surface area (Å²) in [5.41, 5.74) is 5.05. The standard InChI is InChI=1S/C11H21NO2S2/c1-9(13)6-7-11(2,3)16-15-8-4-5-10(12)14/h4-8H2,1-3H3,(H2,12,14). The van der Waals surface area contributed by atoms with Crippen molar-refractivity contribution in [2.45, 2.75) is 51.2 Å². The first-order chi connectivity index (χ1) is 7.33. The van der Waals surface area contributed by atoms with Crippen LogP contribution in [-0.4, -0.2) is 22.2 Å². The van der Waals surface area contributed by atoms with E-state index in [0.29, 0.717) is 12.8 Å². The van der Waals surface area contributed by atoms with Gasteiger partial charge in [0, 0.05) is 23.3 Å². The Balaban J connectivity index is 3.57. The van der Waals surface area contributed by atoms with E-state index in [-0.39, 0.29) is 16.4 Å². The molecule has 5 heteroatoms. The molecular formula is C11H21NO2S2. The lowest BCUT2D eigenvalue weighted by Gasteiger charge is -2.22. The molecule has 3 nitrogen and oxygen atoms in total. The van der Waals surface area contributed by atoms with Gasteiger partial charge in [-0.1, -0.05) is 21.6 Å². The van der Waals surface area contributed by atoms with Crippen molar-refractivity contribution in [1.82, 2.24) is 0 Å². The van der Waals surface area contributed by atoms with Gasteiger partial charge < -0.3 is 10.5 Å². The molecule has 0 rings (SSSR count). The van der Waals surface area contributed by atoms with E-state index in [4.69, 9.17) is 5.73 Å². The predicted octanol–water partition coefficient (Wildman–Crippen LogP) is 2.78. The van der Waals surface area contributed by atoms with Crippen LogP contribution in [0.3, 0.4) is 0 Å². The van der Waals surface area contributed by atoms with E-state index < -0.39 is 0 Å². The van der Waals surface area contributed by atoms with Crippen molar-refractivity contribution in [2.24, 2.45) is 5.73 Å². The van der Waals surface area contributed by atoms with Crippen molar-refractivity contribution in [2.75, 3.05) is 5.75 Å². The molecule has 0 atom stereocenters. The lowest BCUT2D eigenvalue weighted by atomic mass is 10.1. The molecule has 0 aliphatic rings. The van der Waals surface area contributed by atoms with Crippen LogP contribution in [0.25, 0.3) is 0 Å². The van der Waals surface area contributed by atoms with E-state index in [1.54, 1.807) is 28.5 Å². The van der Waals surface area contributed by atoms with Crippen molar-refractivity contribution in [3.63, 3.8) is 0 Å². The third kappa shape index (κ3) is 10.4. The average Bonchev–Trinajstić information content (AvgIpc) is 2.14. The van der Waals surface area contributed by atoms with Gasteiger partial charge in [0.2, 0.25) is 5.91 Å². The minimum absolute atomic E-state index is 0.114. The van der Waals surface area contributed by atoms with Crippen molar-refractivity contribution in [3.8, 4) is 0 Å². The van der Waals surface area contributed by atoms with Crippen LogP contribution in [-0.2, 0) is 9.59 Å². The largest absolute Gasteiger partial charge is 0.370 e. The second-order valence-corrected chi connectivity index (χ2v) is 7.56. The third-order valence-electron chi connectivity index (χ3n) is 2.01. The van der Waals surface area contributed by atoms with E-state index in [1.165, 1.54) is 0 Å². The first kappa shape index (κ1) is 15.8. The highest BCUT2D eigenvalue weighted by molar-refractivity contribution is 8.77. The molecule has 0 aromatic rings. The number of ketones is 1. The van der Waals surface area contributed by atoms with E-state index in [0.717, 1.165) is 18.6 Å². The second-order valence-electron chi connectivity index (χ2n) is 4.44. The maximum atomic E-state index is 10.9. The van der Waals surface area contributed by atoms with Gasteiger partial charge in [0.05, 0.1) is 0 Å². The molecule has 0 spiro atoms. The molecule has 0 heterocycles. The van der Waals surface area contributed by atoms with Crippen LogP contribution in [0, 0.1) is 0 Å². The highest BCUT2D eigenvalue weighted by Crippen LogP contribution is 2.39. The molecule has 0 fully saturated rings. The SMILES string of the molecule is CC(=O)CCC(C)(C)SSCCCC(N)=O. The van der Waals surface area contributed by atoms with Gasteiger partial charge in [0.15, 0.2) is 0 Å². The maximum absolute atomic E-state index is 10.9. The summed E-state index contributed by atoms with van der Waals surface area (Å²) in [5, 5.41) is 0. The summed E-state index contributed by atoms with van der Waals surface area (Å²) in [7, 11) is 3.54. The van der Waals surface area contributed by atoms with E-state index in [2.05, 4.69) is 13.8 Å². The van der Waals surface area contributed by atoms with E-state index in [1.807, 2.05) is 0 Å². The Morgan fingerprint density at radius 2 is 1.88 bits per heavy atom. The summed E-state index contributed by atoms with van der Waals surface area (Å²) in [4.78, 5) is 21.4. The second kappa shape index (κ2) is 8.01. The first-order valence-electron chi connectivity index (χ1n) is 5.42. The molecule has 0 bridgehead atoms. The molecule has 94 valence electrons. The fraction of sp³-hybridized carbons (Fsp3) is 0.818. The maximum Gasteiger partial charge on any atom is 0.217 e. The van der Waals surface area contributed by atoms with Crippen molar-refractivity contribution in [1.29, 1.82) is 0 Å². The summed E-state index contributed by atoms with van der Waals surface area (Å²) in [6.07, 6.45) is 2.83. The first-order valence-corrected chi connectivity index (χ1v) is 7.74. The Labute approximate surface area is 106 Å². The molecule has 0 saturated heterocycles. The molecule has 0 aromatic heterocycles. The monoisotopic (exact) mass is 263 g/mol. The molecular weight excluding hydrogens is 242 g/mol. The van der Waals surface area contributed by atoms with Gasteiger partial charge in [-0.05, 0) is 33.6 Å². The van der Waals surface area contributed by atoms with E-state index >= 15 is 0 Å². The van der Waals surface area contributed by atoms with Crippen LogP contribution in [0.5, 0.6) is 0 Å². The molecule has 0 radical (unpaired) electrons. The van der Waals surface area contributed by atoms with Gasteiger partial charge in [-0.3, -0.25) is 4.79 Å². The predicted molar refractivity (Wildman–Crippen MR) is 72.5 cm³/mol. The summed E-state index contributed by atoms with van der Waals surface area (Å²) in [6, 6.07) is 0. The highest BCUT2D eigenvalue weighted by atomic mass is 33.1. The van der Waals surface area contributed by atoms with Crippen LogP contribution in [0.2, 0.25) is 0 Å². The zero-order chi connectivity index (χ0) is 12.6. The molecule has 0 aliphatic heterocycles. The Bertz CT molecular complexity index is 242. The normalized spacial score (nSPS) is 11.4. The number of rotatable bonds is 9. The lowest BCUT2D eigenvalue weighted by Crippen LogP contribution is -2.14. The number of primary amides is 1. The Hall–Kier alpha value is -0.160. The minimum atomic E-state index is -0.235. The fourth-order valence-corrected chi connectivity index (χ4v) is 3.69.